The number of nitrogens with one attached hydrogen (secondary N) is 3. The van der Waals surface area contributed by atoms with Crippen LogP contribution in [0.4, 0.5) is 4.79 Å². The number of amidine groups is 1. The van der Waals surface area contributed by atoms with Gasteiger partial charge in [-0.2, -0.15) is 0 Å². The minimum atomic E-state index is -0.586. The zero-order valence-corrected chi connectivity index (χ0v) is 9.51. The van der Waals surface area contributed by atoms with Crippen molar-refractivity contribution >= 4 is 11.9 Å². The lowest BCUT2D eigenvalue weighted by Crippen LogP contribution is -2.60. The first-order valence-electron chi connectivity index (χ1n) is 6.06. The quantitative estimate of drug-likeness (QED) is 0.427. The lowest BCUT2D eigenvalue weighted by Gasteiger charge is -2.36. The third-order valence-corrected chi connectivity index (χ3v) is 3.49. The Bertz CT molecular complexity index is 292. The number of hydrogen-bond acceptors (Lipinski definition) is 2. The highest BCUT2D eigenvalue weighted by Gasteiger charge is 2.37. The molecule has 2 aliphatic rings. The van der Waals surface area contributed by atoms with E-state index in [0.717, 1.165) is 38.5 Å². The van der Waals surface area contributed by atoms with Crippen LogP contribution in [0, 0.1) is 5.41 Å². The standard InChI is InChI=1S/C11H20N4O/c12-9(13)11(6-2-1-3-7-11)15-10(16)14-8-4-5-8/h8H,1-7H2,(H3,12,13)(H2,14,15,16). The number of amides is 2. The first kappa shape index (κ1) is 11.2. The number of nitrogens with two attached hydrogens (primary N) is 1. The summed E-state index contributed by atoms with van der Waals surface area (Å²) in [6, 6.07) is 0.173. The van der Waals surface area contributed by atoms with Crippen LogP contribution in [0.1, 0.15) is 44.9 Å². The molecule has 0 bridgehead atoms. The van der Waals surface area contributed by atoms with Crippen LogP contribution in [-0.2, 0) is 0 Å². The van der Waals surface area contributed by atoms with E-state index in [-0.39, 0.29) is 11.9 Å². The van der Waals surface area contributed by atoms with E-state index in [1.807, 2.05) is 0 Å². The second kappa shape index (κ2) is 4.31. The van der Waals surface area contributed by atoms with Crippen LogP contribution in [-0.4, -0.2) is 23.4 Å². The van der Waals surface area contributed by atoms with E-state index in [4.69, 9.17) is 11.1 Å². The maximum Gasteiger partial charge on any atom is 0.315 e. The van der Waals surface area contributed by atoms with E-state index in [0.29, 0.717) is 6.04 Å². The Morgan fingerprint density at radius 3 is 2.38 bits per heavy atom. The highest BCUT2D eigenvalue weighted by Crippen LogP contribution is 2.28. The summed E-state index contributed by atoms with van der Waals surface area (Å²) in [6.07, 6.45) is 6.95. The largest absolute Gasteiger partial charge is 0.386 e. The molecule has 0 aromatic heterocycles. The fraction of sp³-hybridized carbons (Fsp3) is 0.818. The molecule has 5 N–H and O–H groups in total. The van der Waals surface area contributed by atoms with Gasteiger partial charge in [0.1, 0.15) is 5.84 Å². The molecule has 0 atom stereocenters. The van der Waals surface area contributed by atoms with Crippen molar-refractivity contribution < 1.29 is 4.79 Å². The Balaban J connectivity index is 1.95. The minimum absolute atomic E-state index is 0.0955. The molecule has 90 valence electrons. The summed E-state index contributed by atoms with van der Waals surface area (Å²) in [5.41, 5.74) is 5.05. The Morgan fingerprint density at radius 2 is 1.88 bits per heavy atom. The third kappa shape index (κ3) is 2.46. The lowest BCUT2D eigenvalue weighted by atomic mass is 9.81. The van der Waals surface area contributed by atoms with Crippen molar-refractivity contribution in [3.8, 4) is 0 Å². The molecule has 2 saturated carbocycles. The summed E-state index contributed by atoms with van der Waals surface area (Å²) < 4.78 is 0. The van der Waals surface area contributed by atoms with Gasteiger partial charge in [-0.05, 0) is 25.7 Å². The van der Waals surface area contributed by atoms with E-state index < -0.39 is 5.54 Å². The highest BCUT2D eigenvalue weighted by molar-refractivity contribution is 5.92. The number of carbonyl (C=O) groups is 1. The fourth-order valence-corrected chi connectivity index (χ4v) is 2.28. The summed E-state index contributed by atoms with van der Waals surface area (Å²) in [5, 5.41) is 13.4. The molecule has 0 saturated heterocycles. The van der Waals surface area contributed by atoms with Crippen molar-refractivity contribution in [2.75, 3.05) is 0 Å². The van der Waals surface area contributed by atoms with Crippen LogP contribution in [0.3, 0.4) is 0 Å². The van der Waals surface area contributed by atoms with Gasteiger partial charge >= 0.3 is 6.03 Å². The van der Waals surface area contributed by atoms with Gasteiger partial charge in [0.25, 0.3) is 0 Å². The predicted octanol–water partition coefficient (Wildman–Crippen LogP) is 1.09. The topological polar surface area (TPSA) is 91.0 Å². The lowest BCUT2D eigenvalue weighted by molar-refractivity contribution is 0.224. The van der Waals surface area contributed by atoms with E-state index in [1.165, 1.54) is 6.42 Å². The molecule has 0 aromatic rings. The molecule has 0 heterocycles. The average Bonchev–Trinajstić information content (AvgIpc) is 3.02. The molecule has 2 amide bonds. The number of urea groups is 1. The van der Waals surface area contributed by atoms with Gasteiger partial charge in [0.15, 0.2) is 0 Å². The molecule has 0 radical (unpaired) electrons. The van der Waals surface area contributed by atoms with Gasteiger partial charge in [0, 0.05) is 6.04 Å². The van der Waals surface area contributed by atoms with Crippen LogP contribution < -0.4 is 16.4 Å². The molecule has 2 rings (SSSR count). The molecule has 0 aromatic carbocycles. The normalized spacial score (nSPS) is 23.5. The van der Waals surface area contributed by atoms with Crippen LogP contribution in [0.2, 0.25) is 0 Å². The highest BCUT2D eigenvalue weighted by atomic mass is 16.2. The molecule has 5 heteroatoms. The zero-order valence-electron chi connectivity index (χ0n) is 9.51. The predicted molar refractivity (Wildman–Crippen MR) is 62.4 cm³/mol. The van der Waals surface area contributed by atoms with Crippen molar-refractivity contribution in [2.24, 2.45) is 5.73 Å². The molecule has 2 fully saturated rings. The smallest absolute Gasteiger partial charge is 0.315 e. The van der Waals surface area contributed by atoms with Crippen LogP contribution in [0.15, 0.2) is 0 Å². The van der Waals surface area contributed by atoms with E-state index in [1.54, 1.807) is 0 Å². The maximum absolute atomic E-state index is 11.7. The molecular weight excluding hydrogens is 204 g/mol. The Hall–Kier alpha value is -1.26. The molecule has 0 spiro atoms. The number of hydrogen-bond donors (Lipinski definition) is 4. The Labute approximate surface area is 95.7 Å². The third-order valence-electron chi connectivity index (χ3n) is 3.49. The van der Waals surface area contributed by atoms with Crippen LogP contribution >= 0.6 is 0 Å². The summed E-state index contributed by atoms with van der Waals surface area (Å²) >= 11 is 0. The van der Waals surface area contributed by atoms with Gasteiger partial charge in [-0.15, -0.1) is 0 Å². The number of carbonyl (C=O) groups excluding carboxylic acids is 1. The number of rotatable bonds is 3. The van der Waals surface area contributed by atoms with Crippen molar-refractivity contribution in [3.05, 3.63) is 0 Å². The van der Waals surface area contributed by atoms with Gasteiger partial charge < -0.3 is 16.4 Å². The second-order valence-electron chi connectivity index (χ2n) is 4.93. The Kier molecular flexibility index (Phi) is 3.03. The summed E-state index contributed by atoms with van der Waals surface area (Å²) in [6.45, 7) is 0. The first-order valence-corrected chi connectivity index (χ1v) is 6.06. The minimum Gasteiger partial charge on any atom is -0.386 e. The van der Waals surface area contributed by atoms with E-state index in [9.17, 15) is 4.79 Å². The molecule has 16 heavy (non-hydrogen) atoms. The van der Waals surface area contributed by atoms with Gasteiger partial charge in [0.05, 0.1) is 5.54 Å². The van der Waals surface area contributed by atoms with E-state index >= 15 is 0 Å². The second-order valence-corrected chi connectivity index (χ2v) is 4.93. The zero-order chi connectivity index (χ0) is 11.6. The van der Waals surface area contributed by atoms with Gasteiger partial charge in [-0.3, -0.25) is 5.41 Å². The molecule has 0 aliphatic heterocycles. The van der Waals surface area contributed by atoms with E-state index in [2.05, 4.69) is 10.6 Å². The summed E-state index contributed by atoms with van der Waals surface area (Å²) in [7, 11) is 0. The molecule has 5 nitrogen and oxygen atoms in total. The monoisotopic (exact) mass is 224 g/mol. The van der Waals surface area contributed by atoms with Crippen molar-refractivity contribution in [2.45, 2.75) is 56.5 Å². The first-order chi connectivity index (χ1) is 7.62. The molecular formula is C11H20N4O. The van der Waals surface area contributed by atoms with Crippen molar-refractivity contribution in [1.82, 2.24) is 10.6 Å². The van der Waals surface area contributed by atoms with Gasteiger partial charge in [-0.1, -0.05) is 19.3 Å². The Morgan fingerprint density at radius 1 is 1.25 bits per heavy atom. The van der Waals surface area contributed by atoms with Crippen LogP contribution in [0.5, 0.6) is 0 Å². The van der Waals surface area contributed by atoms with Gasteiger partial charge in [0.2, 0.25) is 0 Å². The maximum atomic E-state index is 11.7. The average molecular weight is 224 g/mol. The molecule has 2 aliphatic carbocycles. The SMILES string of the molecule is N=C(N)C1(NC(=O)NC2CC2)CCCCC1. The molecule has 0 unspecified atom stereocenters. The van der Waals surface area contributed by atoms with Gasteiger partial charge in [-0.25, -0.2) is 4.79 Å². The fourth-order valence-electron chi connectivity index (χ4n) is 2.28. The van der Waals surface area contributed by atoms with Crippen molar-refractivity contribution in [3.63, 3.8) is 0 Å². The van der Waals surface area contributed by atoms with Crippen molar-refractivity contribution in [1.29, 1.82) is 5.41 Å². The van der Waals surface area contributed by atoms with Crippen LogP contribution in [0.25, 0.3) is 0 Å². The summed E-state index contributed by atoms with van der Waals surface area (Å²) in [5.74, 6) is 0.0955. The summed E-state index contributed by atoms with van der Waals surface area (Å²) in [4.78, 5) is 11.7.